The highest BCUT2D eigenvalue weighted by Crippen LogP contribution is 2.19. The normalized spacial score (nSPS) is 18.6. The molecule has 26 heavy (non-hydrogen) atoms. The predicted octanol–water partition coefficient (Wildman–Crippen LogP) is 3.93. The van der Waals surface area contributed by atoms with Gasteiger partial charge in [0.1, 0.15) is 5.60 Å². The van der Waals surface area contributed by atoms with Crippen molar-refractivity contribution in [3.8, 4) is 0 Å². The monoisotopic (exact) mass is 372 g/mol. The van der Waals surface area contributed by atoms with E-state index in [4.69, 9.17) is 9.47 Å². The minimum absolute atomic E-state index is 0.0850. The van der Waals surface area contributed by atoms with Gasteiger partial charge in [0.2, 0.25) is 5.91 Å². The fourth-order valence-corrected chi connectivity index (χ4v) is 2.85. The Labute approximate surface area is 160 Å². The maximum Gasteiger partial charge on any atom is 0.410 e. The molecule has 0 aliphatic carbocycles. The van der Waals surface area contributed by atoms with Gasteiger partial charge in [0.15, 0.2) is 0 Å². The van der Waals surface area contributed by atoms with Crippen molar-refractivity contribution in [2.75, 3.05) is 39.4 Å². The topological polar surface area (TPSA) is 59.1 Å². The molecule has 0 atom stereocenters. The molecule has 2 aliphatic rings. The van der Waals surface area contributed by atoms with Crippen LogP contribution in [0.5, 0.6) is 0 Å². The van der Waals surface area contributed by atoms with E-state index in [1.165, 1.54) is 0 Å². The number of nitrogens with zero attached hydrogens (tertiary/aromatic N) is 2. The molecule has 0 saturated carbocycles. The zero-order valence-corrected chi connectivity index (χ0v) is 18.0. The van der Waals surface area contributed by atoms with Crippen molar-refractivity contribution >= 4 is 12.0 Å². The molecule has 0 unspecified atom stereocenters. The highest BCUT2D eigenvalue weighted by Gasteiger charge is 2.29. The zero-order chi connectivity index (χ0) is 20.2. The molecule has 2 fully saturated rings. The quantitative estimate of drug-likeness (QED) is 0.700. The molecule has 2 rings (SSSR count). The van der Waals surface area contributed by atoms with Crippen LogP contribution in [0.4, 0.5) is 4.79 Å². The first-order chi connectivity index (χ1) is 12.4. The van der Waals surface area contributed by atoms with Crippen LogP contribution >= 0.6 is 0 Å². The second kappa shape index (κ2) is 13.0. The van der Waals surface area contributed by atoms with Crippen LogP contribution in [0.2, 0.25) is 0 Å². The summed E-state index contributed by atoms with van der Waals surface area (Å²) in [6.07, 6.45) is 2.14. The Morgan fingerprint density at radius 2 is 1.38 bits per heavy atom. The van der Waals surface area contributed by atoms with Gasteiger partial charge < -0.3 is 19.3 Å². The molecular weight excluding hydrogens is 332 g/mol. The lowest BCUT2D eigenvalue weighted by molar-refractivity contribution is -0.138. The average Bonchev–Trinajstić information content (AvgIpc) is 2.90. The number of carbonyl (C=O) groups excluding carboxylic acids is 2. The van der Waals surface area contributed by atoms with Gasteiger partial charge in [0.25, 0.3) is 0 Å². The number of hydrogen-bond acceptors (Lipinski definition) is 4. The van der Waals surface area contributed by atoms with Crippen LogP contribution in [0.1, 0.15) is 67.7 Å². The molecule has 0 spiro atoms. The van der Waals surface area contributed by atoms with E-state index >= 15 is 0 Å². The smallest absolute Gasteiger partial charge is 0.410 e. The molecule has 0 radical (unpaired) electrons. The summed E-state index contributed by atoms with van der Waals surface area (Å²) in [6, 6.07) is 0. The van der Waals surface area contributed by atoms with Crippen LogP contribution in [0, 0.1) is 5.92 Å². The number of ether oxygens (including phenoxy) is 2. The van der Waals surface area contributed by atoms with Gasteiger partial charge in [-0.05, 0) is 40.0 Å². The highest BCUT2D eigenvalue weighted by atomic mass is 16.6. The lowest BCUT2D eigenvalue weighted by atomic mass is 9.98. The van der Waals surface area contributed by atoms with Gasteiger partial charge in [-0.15, -0.1) is 0 Å². The van der Waals surface area contributed by atoms with Crippen LogP contribution in [0.25, 0.3) is 0 Å². The summed E-state index contributed by atoms with van der Waals surface area (Å²) in [5.41, 5.74) is -0.485. The lowest BCUT2D eigenvalue weighted by Crippen LogP contribution is -2.42. The van der Waals surface area contributed by atoms with Gasteiger partial charge in [-0.3, -0.25) is 4.79 Å². The summed E-state index contributed by atoms with van der Waals surface area (Å²) in [5, 5.41) is 0. The van der Waals surface area contributed by atoms with Crippen molar-refractivity contribution < 1.29 is 19.1 Å². The molecule has 2 saturated heterocycles. The molecule has 2 heterocycles. The first-order valence-corrected chi connectivity index (χ1v) is 10.2. The van der Waals surface area contributed by atoms with Crippen LogP contribution < -0.4 is 0 Å². The van der Waals surface area contributed by atoms with Gasteiger partial charge >= 0.3 is 6.09 Å². The summed E-state index contributed by atoms with van der Waals surface area (Å²) in [6.45, 7) is 17.4. The molecule has 0 N–H and O–H groups in total. The molecule has 154 valence electrons. The maximum atomic E-state index is 12.5. The maximum absolute atomic E-state index is 12.5. The number of amides is 2. The van der Waals surface area contributed by atoms with Crippen LogP contribution in [-0.4, -0.2) is 66.8 Å². The van der Waals surface area contributed by atoms with Crippen molar-refractivity contribution in [2.24, 2.45) is 5.92 Å². The van der Waals surface area contributed by atoms with E-state index in [-0.39, 0.29) is 17.9 Å². The first kappa shape index (κ1) is 24.7. The fraction of sp³-hybridized carbons (Fsp3) is 0.900. The van der Waals surface area contributed by atoms with Crippen molar-refractivity contribution in [3.63, 3.8) is 0 Å². The summed E-state index contributed by atoms with van der Waals surface area (Å²) in [4.78, 5) is 28.3. The van der Waals surface area contributed by atoms with E-state index in [0.29, 0.717) is 32.8 Å². The molecule has 0 aromatic carbocycles. The van der Waals surface area contributed by atoms with E-state index in [0.717, 1.165) is 25.8 Å². The Kier molecular flexibility index (Phi) is 12.3. The summed E-state index contributed by atoms with van der Waals surface area (Å²) in [7, 11) is 0. The number of hydrogen-bond donors (Lipinski definition) is 0. The largest absolute Gasteiger partial charge is 0.444 e. The molecule has 0 aromatic rings. The van der Waals surface area contributed by atoms with Gasteiger partial charge in [0, 0.05) is 45.3 Å². The fourth-order valence-electron chi connectivity index (χ4n) is 2.85. The van der Waals surface area contributed by atoms with Gasteiger partial charge in [-0.2, -0.15) is 0 Å². The van der Waals surface area contributed by atoms with Crippen LogP contribution in [0.3, 0.4) is 0 Å². The van der Waals surface area contributed by atoms with Crippen molar-refractivity contribution in [1.29, 1.82) is 0 Å². The van der Waals surface area contributed by atoms with E-state index in [1.807, 2.05) is 53.4 Å². The molecular formula is C20H40N2O4. The molecule has 2 aliphatic heterocycles. The van der Waals surface area contributed by atoms with E-state index < -0.39 is 5.60 Å². The second-order valence-corrected chi connectivity index (χ2v) is 7.03. The SMILES string of the molecule is CC.CC.CC(C)(C)OC(=O)N1CCCN(C(=O)C2CCOCC2)CC1. The van der Waals surface area contributed by atoms with Crippen molar-refractivity contribution in [2.45, 2.75) is 73.3 Å². The Balaban J connectivity index is 0.00000146. The Hall–Kier alpha value is -1.30. The zero-order valence-electron chi connectivity index (χ0n) is 18.0. The van der Waals surface area contributed by atoms with Crippen LogP contribution in [0.15, 0.2) is 0 Å². The van der Waals surface area contributed by atoms with Crippen LogP contribution in [-0.2, 0) is 14.3 Å². The minimum Gasteiger partial charge on any atom is -0.444 e. The Bertz CT molecular complexity index is 401. The van der Waals surface area contributed by atoms with E-state index in [2.05, 4.69) is 0 Å². The van der Waals surface area contributed by atoms with E-state index in [1.54, 1.807) is 4.90 Å². The lowest BCUT2D eigenvalue weighted by Gasteiger charge is -2.29. The standard InChI is InChI=1S/C16H28N2O4.2C2H6/c1-16(2,3)22-15(20)18-8-4-7-17(9-10-18)14(19)13-5-11-21-12-6-13;2*1-2/h13H,4-12H2,1-3H3;2*1-2H3. The summed E-state index contributed by atoms with van der Waals surface area (Å²) in [5.74, 6) is 0.302. The predicted molar refractivity (Wildman–Crippen MR) is 105 cm³/mol. The average molecular weight is 373 g/mol. The highest BCUT2D eigenvalue weighted by molar-refractivity contribution is 5.79. The summed E-state index contributed by atoms with van der Waals surface area (Å²) < 4.78 is 10.7. The first-order valence-electron chi connectivity index (χ1n) is 10.2. The second-order valence-electron chi connectivity index (χ2n) is 7.03. The van der Waals surface area contributed by atoms with Gasteiger partial charge in [-0.1, -0.05) is 27.7 Å². The van der Waals surface area contributed by atoms with E-state index in [9.17, 15) is 9.59 Å². The third-order valence-electron chi connectivity index (χ3n) is 4.03. The number of carbonyl (C=O) groups is 2. The Morgan fingerprint density at radius 3 is 1.92 bits per heavy atom. The summed E-state index contributed by atoms with van der Waals surface area (Å²) >= 11 is 0. The molecule has 6 nitrogen and oxygen atoms in total. The van der Waals surface area contributed by atoms with Crippen molar-refractivity contribution in [3.05, 3.63) is 0 Å². The molecule has 2 amide bonds. The molecule has 6 heteroatoms. The third-order valence-corrected chi connectivity index (χ3v) is 4.03. The third kappa shape index (κ3) is 8.88. The molecule has 0 bridgehead atoms. The van der Waals surface area contributed by atoms with Gasteiger partial charge in [0.05, 0.1) is 0 Å². The Morgan fingerprint density at radius 1 is 0.885 bits per heavy atom. The van der Waals surface area contributed by atoms with Crippen molar-refractivity contribution in [1.82, 2.24) is 9.80 Å². The number of rotatable bonds is 1. The minimum atomic E-state index is -0.485. The van der Waals surface area contributed by atoms with Gasteiger partial charge in [-0.25, -0.2) is 4.79 Å². The molecule has 0 aromatic heterocycles.